The summed E-state index contributed by atoms with van der Waals surface area (Å²) in [4.78, 5) is 0. The fourth-order valence-corrected chi connectivity index (χ4v) is 2.60. The van der Waals surface area contributed by atoms with Crippen LogP contribution in [-0.2, 0) is 0 Å². The SMILES string of the molecule is CC1CCCC(CCCNC(C)C)C1. The van der Waals surface area contributed by atoms with Gasteiger partial charge in [-0.05, 0) is 37.6 Å². The van der Waals surface area contributed by atoms with Gasteiger partial charge in [0.1, 0.15) is 0 Å². The Morgan fingerprint density at radius 1 is 1.29 bits per heavy atom. The van der Waals surface area contributed by atoms with E-state index in [1.54, 1.807) is 0 Å². The third-order valence-electron chi connectivity index (χ3n) is 3.39. The van der Waals surface area contributed by atoms with Gasteiger partial charge in [-0.3, -0.25) is 0 Å². The van der Waals surface area contributed by atoms with Gasteiger partial charge in [0.25, 0.3) is 0 Å². The first-order valence-electron chi connectivity index (χ1n) is 6.42. The summed E-state index contributed by atoms with van der Waals surface area (Å²) >= 11 is 0. The van der Waals surface area contributed by atoms with Crippen molar-refractivity contribution in [3.63, 3.8) is 0 Å². The summed E-state index contributed by atoms with van der Waals surface area (Å²) in [5.41, 5.74) is 0. The molecule has 1 rings (SSSR count). The van der Waals surface area contributed by atoms with Gasteiger partial charge in [0, 0.05) is 6.04 Å². The molecular weight excluding hydrogens is 170 g/mol. The van der Waals surface area contributed by atoms with Crippen molar-refractivity contribution in [3.8, 4) is 0 Å². The highest BCUT2D eigenvalue weighted by atomic mass is 14.9. The molecule has 84 valence electrons. The first-order chi connectivity index (χ1) is 6.68. The van der Waals surface area contributed by atoms with Crippen molar-refractivity contribution in [2.24, 2.45) is 11.8 Å². The second-order valence-electron chi connectivity index (χ2n) is 5.39. The number of hydrogen-bond donors (Lipinski definition) is 1. The van der Waals surface area contributed by atoms with E-state index in [0.717, 1.165) is 11.8 Å². The molecule has 2 atom stereocenters. The molecule has 0 aromatic heterocycles. The van der Waals surface area contributed by atoms with Crippen LogP contribution in [0.25, 0.3) is 0 Å². The molecule has 1 aliphatic rings. The molecule has 2 unspecified atom stereocenters. The Morgan fingerprint density at radius 2 is 2.07 bits per heavy atom. The Balaban J connectivity index is 2.00. The Morgan fingerprint density at radius 3 is 2.71 bits per heavy atom. The maximum Gasteiger partial charge on any atom is 0.00103 e. The molecule has 1 aliphatic carbocycles. The van der Waals surface area contributed by atoms with Gasteiger partial charge in [-0.2, -0.15) is 0 Å². The molecule has 1 saturated carbocycles. The predicted octanol–water partition coefficient (Wildman–Crippen LogP) is 3.59. The normalized spacial score (nSPS) is 28.3. The van der Waals surface area contributed by atoms with Gasteiger partial charge in [-0.1, -0.05) is 40.0 Å². The van der Waals surface area contributed by atoms with Gasteiger partial charge < -0.3 is 5.32 Å². The molecule has 1 nitrogen and oxygen atoms in total. The van der Waals surface area contributed by atoms with Gasteiger partial charge >= 0.3 is 0 Å². The molecule has 0 amide bonds. The minimum atomic E-state index is 0.653. The van der Waals surface area contributed by atoms with Crippen molar-refractivity contribution in [2.45, 2.75) is 65.3 Å². The van der Waals surface area contributed by atoms with Crippen LogP contribution in [0.2, 0.25) is 0 Å². The summed E-state index contributed by atoms with van der Waals surface area (Å²) in [6.07, 6.45) is 8.75. The van der Waals surface area contributed by atoms with Crippen LogP contribution in [0.5, 0.6) is 0 Å². The van der Waals surface area contributed by atoms with Crippen LogP contribution in [0.3, 0.4) is 0 Å². The van der Waals surface area contributed by atoms with E-state index in [1.165, 1.54) is 45.1 Å². The number of hydrogen-bond acceptors (Lipinski definition) is 1. The maximum atomic E-state index is 3.50. The third kappa shape index (κ3) is 4.99. The summed E-state index contributed by atoms with van der Waals surface area (Å²) in [6.45, 7) is 8.08. The van der Waals surface area contributed by atoms with Gasteiger partial charge in [-0.15, -0.1) is 0 Å². The second-order valence-corrected chi connectivity index (χ2v) is 5.39. The first-order valence-corrected chi connectivity index (χ1v) is 6.42. The van der Waals surface area contributed by atoms with Crippen molar-refractivity contribution in [1.82, 2.24) is 5.32 Å². The average molecular weight is 197 g/mol. The summed E-state index contributed by atoms with van der Waals surface area (Å²) in [6, 6.07) is 0.653. The molecule has 0 aromatic rings. The summed E-state index contributed by atoms with van der Waals surface area (Å²) in [7, 11) is 0. The topological polar surface area (TPSA) is 12.0 Å². The van der Waals surface area contributed by atoms with Crippen LogP contribution in [-0.4, -0.2) is 12.6 Å². The van der Waals surface area contributed by atoms with Crippen molar-refractivity contribution >= 4 is 0 Å². The van der Waals surface area contributed by atoms with Gasteiger partial charge in [0.05, 0.1) is 0 Å². The molecule has 1 heteroatoms. The lowest BCUT2D eigenvalue weighted by Crippen LogP contribution is -2.24. The van der Waals surface area contributed by atoms with Gasteiger partial charge in [0.15, 0.2) is 0 Å². The molecule has 0 saturated heterocycles. The van der Waals surface area contributed by atoms with Crippen molar-refractivity contribution in [2.75, 3.05) is 6.54 Å². The summed E-state index contributed by atoms with van der Waals surface area (Å²) < 4.78 is 0. The minimum absolute atomic E-state index is 0.653. The van der Waals surface area contributed by atoms with Gasteiger partial charge in [0.2, 0.25) is 0 Å². The molecule has 0 aromatic carbocycles. The lowest BCUT2D eigenvalue weighted by Gasteiger charge is -2.26. The standard InChI is InChI=1S/C13H27N/c1-11(2)14-9-5-8-13-7-4-6-12(3)10-13/h11-14H,4-10H2,1-3H3. The predicted molar refractivity (Wildman–Crippen MR) is 63.5 cm³/mol. The quantitative estimate of drug-likeness (QED) is 0.664. The van der Waals surface area contributed by atoms with Crippen molar-refractivity contribution < 1.29 is 0 Å². The van der Waals surface area contributed by atoms with Gasteiger partial charge in [-0.25, -0.2) is 0 Å². The molecule has 1 fully saturated rings. The molecular formula is C13H27N. The Labute approximate surface area is 89.7 Å². The maximum absolute atomic E-state index is 3.50. The van der Waals surface area contributed by atoms with Crippen LogP contribution < -0.4 is 5.32 Å². The fraction of sp³-hybridized carbons (Fsp3) is 1.00. The zero-order chi connectivity index (χ0) is 10.4. The zero-order valence-corrected chi connectivity index (χ0v) is 10.2. The smallest absolute Gasteiger partial charge is 0.00103 e. The Bertz CT molecular complexity index is 142. The fourth-order valence-electron chi connectivity index (χ4n) is 2.60. The average Bonchev–Trinajstić information content (AvgIpc) is 2.12. The highest BCUT2D eigenvalue weighted by molar-refractivity contribution is 4.70. The van der Waals surface area contributed by atoms with E-state index < -0.39 is 0 Å². The lowest BCUT2D eigenvalue weighted by atomic mass is 9.80. The molecule has 0 aliphatic heterocycles. The second kappa shape index (κ2) is 6.44. The highest BCUT2D eigenvalue weighted by Gasteiger charge is 2.17. The number of nitrogens with one attached hydrogen (secondary N) is 1. The van der Waals surface area contributed by atoms with Crippen LogP contribution in [0.4, 0.5) is 0 Å². The molecule has 0 heterocycles. The van der Waals surface area contributed by atoms with E-state index in [9.17, 15) is 0 Å². The van der Waals surface area contributed by atoms with E-state index in [2.05, 4.69) is 26.1 Å². The highest BCUT2D eigenvalue weighted by Crippen LogP contribution is 2.31. The van der Waals surface area contributed by atoms with E-state index in [0.29, 0.717) is 6.04 Å². The molecule has 0 radical (unpaired) electrons. The van der Waals surface area contributed by atoms with E-state index in [1.807, 2.05) is 0 Å². The first kappa shape index (κ1) is 12.0. The van der Waals surface area contributed by atoms with Crippen LogP contribution in [0.15, 0.2) is 0 Å². The number of rotatable bonds is 5. The van der Waals surface area contributed by atoms with E-state index >= 15 is 0 Å². The monoisotopic (exact) mass is 197 g/mol. The Kier molecular flexibility index (Phi) is 5.54. The van der Waals surface area contributed by atoms with Crippen LogP contribution in [0.1, 0.15) is 59.3 Å². The summed E-state index contributed by atoms with van der Waals surface area (Å²) in [5.74, 6) is 2.03. The van der Waals surface area contributed by atoms with Crippen LogP contribution in [0, 0.1) is 11.8 Å². The van der Waals surface area contributed by atoms with Crippen molar-refractivity contribution in [1.29, 1.82) is 0 Å². The largest absolute Gasteiger partial charge is 0.315 e. The molecule has 0 bridgehead atoms. The van der Waals surface area contributed by atoms with E-state index in [-0.39, 0.29) is 0 Å². The molecule has 14 heavy (non-hydrogen) atoms. The third-order valence-corrected chi connectivity index (χ3v) is 3.39. The van der Waals surface area contributed by atoms with Crippen molar-refractivity contribution in [3.05, 3.63) is 0 Å². The van der Waals surface area contributed by atoms with E-state index in [4.69, 9.17) is 0 Å². The Hall–Kier alpha value is -0.0400. The van der Waals surface area contributed by atoms with Crippen LogP contribution >= 0.6 is 0 Å². The minimum Gasteiger partial charge on any atom is -0.315 e. The molecule has 0 spiro atoms. The lowest BCUT2D eigenvalue weighted by molar-refractivity contribution is 0.264. The zero-order valence-electron chi connectivity index (χ0n) is 10.2. The molecule has 1 N–H and O–H groups in total. The summed E-state index contributed by atoms with van der Waals surface area (Å²) in [5, 5.41) is 3.50.